The van der Waals surface area contributed by atoms with E-state index in [1.54, 1.807) is 24.3 Å². The maximum absolute atomic E-state index is 11.8. The molecule has 0 aliphatic carbocycles. The third-order valence-corrected chi connectivity index (χ3v) is 3.46. The lowest BCUT2D eigenvalue weighted by molar-refractivity contribution is -0.116. The number of hydrogen-bond donors (Lipinski definition) is 4. The van der Waals surface area contributed by atoms with Crippen molar-refractivity contribution in [3.8, 4) is 23.0 Å². The van der Waals surface area contributed by atoms with Gasteiger partial charge in [-0.05, 0) is 54.8 Å². The summed E-state index contributed by atoms with van der Waals surface area (Å²) in [5.41, 5.74) is 1.54. The molecular formula is C19H21NO5. The number of phenolic OH excluding ortho intramolecular Hbond substituents is 3. The van der Waals surface area contributed by atoms with Crippen molar-refractivity contribution in [2.45, 2.75) is 13.3 Å². The van der Waals surface area contributed by atoms with E-state index in [0.717, 1.165) is 11.1 Å². The number of rotatable bonds is 7. The second-order valence-electron chi connectivity index (χ2n) is 5.36. The minimum atomic E-state index is -0.256. The van der Waals surface area contributed by atoms with Gasteiger partial charge < -0.3 is 25.4 Å². The summed E-state index contributed by atoms with van der Waals surface area (Å²) in [5, 5.41) is 31.1. The van der Waals surface area contributed by atoms with Gasteiger partial charge in [0, 0.05) is 12.6 Å². The third-order valence-electron chi connectivity index (χ3n) is 3.46. The lowest BCUT2D eigenvalue weighted by Crippen LogP contribution is -2.23. The van der Waals surface area contributed by atoms with E-state index >= 15 is 0 Å². The molecule has 6 nitrogen and oxygen atoms in total. The molecule has 6 heteroatoms. The van der Waals surface area contributed by atoms with Crippen LogP contribution >= 0.6 is 0 Å². The zero-order valence-corrected chi connectivity index (χ0v) is 13.9. The van der Waals surface area contributed by atoms with Crippen LogP contribution in [0.1, 0.15) is 18.1 Å². The SMILES string of the molecule is CCOc1cc(/C=C\C(=O)NCCc2ccc(O)c(O)c2)ccc1O. The topological polar surface area (TPSA) is 99.0 Å². The number of nitrogens with one attached hydrogen (secondary N) is 1. The Morgan fingerprint density at radius 2 is 1.84 bits per heavy atom. The Hall–Kier alpha value is -3.15. The molecule has 2 rings (SSSR count). The van der Waals surface area contributed by atoms with E-state index in [2.05, 4.69) is 5.32 Å². The monoisotopic (exact) mass is 343 g/mol. The van der Waals surface area contributed by atoms with E-state index in [0.29, 0.717) is 25.3 Å². The predicted octanol–water partition coefficient (Wildman–Crippen LogP) is 2.57. The van der Waals surface area contributed by atoms with Crippen LogP contribution in [-0.4, -0.2) is 34.4 Å². The Morgan fingerprint density at radius 3 is 2.56 bits per heavy atom. The van der Waals surface area contributed by atoms with Gasteiger partial charge in [0.15, 0.2) is 23.0 Å². The highest BCUT2D eigenvalue weighted by Gasteiger charge is 2.03. The molecule has 0 unspecified atom stereocenters. The molecule has 2 aromatic rings. The molecule has 25 heavy (non-hydrogen) atoms. The molecule has 0 radical (unpaired) electrons. The number of amides is 1. The zero-order valence-electron chi connectivity index (χ0n) is 13.9. The van der Waals surface area contributed by atoms with E-state index in [4.69, 9.17) is 4.74 Å². The Bertz CT molecular complexity index is 770. The van der Waals surface area contributed by atoms with Crippen LogP contribution in [0.2, 0.25) is 0 Å². The Morgan fingerprint density at radius 1 is 1.08 bits per heavy atom. The zero-order chi connectivity index (χ0) is 18.2. The average Bonchev–Trinajstić information content (AvgIpc) is 2.59. The standard InChI is InChI=1S/C19H21NO5/c1-2-25-18-12-13(4-7-16(18)22)5-8-19(24)20-10-9-14-3-6-15(21)17(23)11-14/h3-8,11-12,21-23H,2,9-10H2,1H3,(H,20,24)/b8-5-. The minimum absolute atomic E-state index is 0.0561. The van der Waals surface area contributed by atoms with Gasteiger partial charge in [0.2, 0.25) is 5.91 Å². The van der Waals surface area contributed by atoms with Gasteiger partial charge >= 0.3 is 0 Å². The number of benzene rings is 2. The van der Waals surface area contributed by atoms with E-state index in [1.165, 1.54) is 24.3 Å². The number of aromatic hydroxyl groups is 3. The summed E-state index contributed by atoms with van der Waals surface area (Å²) in [7, 11) is 0. The second kappa shape index (κ2) is 8.63. The Balaban J connectivity index is 1.86. The maximum Gasteiger partial charge on any atom is 0.244 e. The van der Waals surface area contributed by atoms with Crippen molar-refractivity contribution in [2.75, 3.05) is 13.2 Å². The van der Waals surface area contributed by atoms with Crippen LogP contribution in [0.5, 0.6) is 23.0 Å². The first kappa shape index (κ1) is 18.2. The van der Waals surface area contributed by atoms with Crippen molar-refractivity contribution in [1.82, 2.24) is 5.32 Å². The van der Waals surface area contributed by atoms with E-state index in [1.807, 2.05) is 6.92 Å². The quantitative estimate of drug-likeness (QED) is 0.457. The van der Waals surface area contributed by atoms with Crippen LogP contribution in [0.3, 0.4) is 0 Å². The van der Waals surface area contributed by atoms with Crippen LogP contribution in [0.25, 0.3) is 6.08 Å². The molecule has 2 aromatic carbocycles. The maximum atomic E-state index is 11.8. The molecule has 1 amide bonds. The van der Waals surface area contributed by atoms with Gasteiger partial charge in [-0.25, -0.2) is 0 Å². The number of hydrogen-bond acceptors (Lipinski definition) is 5. The van der Waals surface area contributed by atoms with Crippen molar-refractivity contribution in [2.24, 2.45) is 0 Å². The van der Waals surface area contributed by atoms with Crippen molar-refractivity contribution in [1.29, 1.82) is 0 Å². The summed E-state index contributed by atoms with van der Waals surface area (Å²) in [4.78, 5) is 11.8. The Kier molecular flexibility index (Phi) is 6.28. The fourth-order valence-corrected chi connectivity index (χ4v) is 2.19. The van der Waals surface area contributed by atoms with Crippen LogP contribution in [0.15, 0.2) is 42.5 Å². The highest BCUT2D eigenvalue weighted by molar-refractivity contribution is 5.91. The molecule has 4 N–H and O–H groups in total. The first-order valence-electron chi connectivity index (χ1n) is 7.92. The largest absolute Gasteiger partial charge is 0.504 e. The van der Waals surface area contributed by atoms with Gasteiger partial charge in [0.05, 0.1) is 6.61 Å². The summed E-state index contributed by atoms with van der Waals surface area (Å²) in [6.07, 6.45) is 3.56. The fourth-order valence-electron chi connectivity index (χ4n) is 2.19. The van der Waals surface area contributed by atoms with Gasteiger partial charge in [-0.3, -0.25) is 4.79 Å². The molecule has 0 atom stereocenters. The first-order valence-corrected chi connectivity index (χ1v) is 7.92. The molecular weight excluding hydrogens is 322 g/mol. The Labute approximate surface area is 146 Å². The highest BCUT2D eigenvalue weighted by Crippen LogP contribution is 2.27. The molecule has 0 saturated carbocycles. The second-order valence-corrected chi connectivity index (χ2v) is 5.36. The van der Waals surface area contributed by atoms with Gasteiger partial charge in [-0.15, -0.1) is 0 Å². The predicted molar refractivity (Wildman–Crippen MR) is 94.8 cm³/mol. The van der Waals surface area contributed by atoms with Crippen LogP contribution in [0.4, 0.5) is 0 Å². The summed E-state index contributed by atoms with van der Waals surface area (Å²) >= 11 is 0. The third kappa shape index (κ3) is 5.46. The molecule has 132 valence electrons. The molecule has 0 fully saturated rings. The van der Waals surface area contributed by atoms with Crippen molar-refractivity contribution >= 4 is 12.0 Å². The molecule has 0 heterocycles. The molecule has 0 spiro atoms. The van der Waals surface area contributed by atoms with E-state index < -0.39 is 0 Å². The van der Waals surface area contributed by atoms with E-state index in [-0.39, 0.29) is 23.2 Å². The van der Waals surface area contributed by atoms with Gasteiger partial charge in [0.1, 0.15) is 0 Å². The fraction of sp³-hybridized carbons (Fsp3) is 0.211. The summed E-state index contributed by atoms with van der Waals surface area (Å²) in [6, 6.07) is 9.40. The average molecular weight is 343 g/mol. The van der Waals surface area contributed by atoms with Crippen LogP contribution < -0.4 is 10.1 Å². The van der Waals surface area contributed by atoms with Crippen LogP contribution in [-0.2, 0) is 11.2 Å². The smallest absolute Gasteiger partial charge is 0.244 e. The van der Waals surface area contributed by atoms with Crippen molar-refractivity contribution in [3.63, 3.8) is 0 Å². The van der Waals surface area contributed by atoms with Crippen LogP contribution in [0, 0.1) is 0 Å². The summed E-state index contributed by atoms with van der Waals surface area (Å²) in [5.74, 6) is -0.177. The minimum Gasteiger partial charge on any atom is -0.504 e. The number of carbonyl (C=O) groups is 1. The lowest BCUT2D eigenvalue weighted by atomic mass is 10.1. The van der Waals surface area contributed by atoms with Gasteiger partial charge in [-0.1, -0.05) is 12.1 Å². The first-order chi connectivity index (χ1) is 12.0. The highest BCUT2D eigenvalue weighted by atomic mass is 16.5. The molecule has 0 aliphatic heterocycles. The molecule has 0 bridgehead atoms. The number of carbonyl (C=O) groups excluding carboxylic acids is 1. The van der Waals surface area contributed by atoms with E-state index in [9.17, 15) is 20.1 Å². The van der Waals surface area contributed by atoms with Gasteiger partial charge in [0.25, 0.3) is 0 Å². The summed E-state index contributed by atoms with van der Waals surface area (Å²) < 4.78 is 5.29. The number of ether oxygens (including phenoxy) is 1. The lowest BCUT2D eigenvalue weighted by Gasteiger charge is -2.06. The molecule has 0 saturated heterocycles. The van der Waals surface area contributed by atoms with Crippen molar-refractivity contribution < 1.29 is 24.9 Å². The summed E-state index contributed by atoms with van der Waals surface area (Å²) in [6.45, 7) is 2.66. The van der Waals surface area contributed by atoms with Crippen molar-refractivity contribution in [3.05, 3.63) is 53.6 Å². The molecule has 0 aromatic heterocycles. The molecule has 0 aliphatic rings. The number of phenols is 3. The van der Waals surface area contributed by atoms with Gasteiger partial charge in [-0.2, -0.15) is 0 Å². The normalized spacial score (nSPS) is 10.8.